The molecule has 0 atom stereocenters. The van der Waals surface area contributed by atoms with E-state index in [-0.39, 0.29) is 0 Å². The van der Waals surface area contributed by atoms with Crippen molar-refractivity contribution in [3.05, 3.63) is 0 Å². The second-order valence-corrected chi connectivity index (χ2v) is 2.67. The summed E-state index contributed by atoms with van der Waals surface area (Å²) in [6.07, 6.45) is 0. The zero-order valence-electron chi connectivity index (χ0n) is 9.69. The third-order valence-electron chi connectivity index (χ3n) is 1.14. The van der Waals surface area contributed by atoms with Crippen LogP contribution in [0.15, 0.2) is 0 Å². The highest BCUT2D eigenvalue weighted by molar-refractivity contribution is 4.53. The molecule has 8 N–H and O–H groups in total. The van der Waals surface area contributed by atoms with Crippen LogP contribution < -0.4 is 11.5 Å². The fourth-order valence-electron chi connectivity index (χ4n) is 0.651. The summed E-state index contributed by atoms with van der Waals surface area (Å²) >= 11 is 0. The average Bonchev–Trinajstić information content (AvgIpc) is 2.29. The van der Waals surface area contributed by atoms with E-state index in [1.165, 1.54) is 0 Å². The minimum absolute atomic E-state index is 0.509. The highest BCUT2D eigenvalue weighted by Crippen LogP contribution is 2.09. The van der Waals surface area contributed by atoms with Crippen LogP contribution in [-0.4, -0.2) is 54.8 Å². The zero-order valence-corrected chi connectivity index (χ0v) is 9.69. The summed E-state index contributed by atoms with van der Waals surface area (Å²) in [5.41, 5.74) is 10.5. The van der Waals surface area contributed by atoms with Crippen LogP contribution in [0.3, 0.4) is 0 Å². The van der Waals surface area contributed by atoms with Crippen LogP contribution >= 0.6 is 0 Å². The third-order valence-corrected chi connectivity index (χ3v) is 1.14. The van der Waals surface area contributed by atoms with Gasteiger partial charge in [0.25, 0.3) is 0 Å². The van der Waals surface area contributed by atoms with E-state index >= 15 is 0 Å². The Bertz CT molecular complexity index is 93.0. The summed E-state index contributed by atoms with van der Waals surface area (Å²) in [4.78, 5) is 0. The molecule has 0 rings (SSSR count). The minimum atomic E-state index is -0.557. The van der Waals surface area contributed by atoms with Crippen molar-refractivity contribution >= 4 is 0 Å². The van der Waals surface area contributed by atoms with Gasteiger partial charge >= 0.3 is 0 Å². The number of ether oxygens (including phenoxy) is 2. The van der Waals surface area contributed by atoms with Crippen LogP contribution in [0, 0.1) is 0 Å². The molecule has 0 amide bonds. The molecular formula is C8H25N2O5+. The molecule has 0 radical (unpaired) electrons. The molecule has 0 saturated heterocycles. The second-order valence-electron chi connectivity index (χ2n) is 2.67. The van der Waals surface area contributed by atoms with Crippen LogP contribution in [0.1, 0.15) is 13.8 Å². The predicted molar refractivity (Wildman–Crippen MR) is 58.5 cm³/mol. The van der Waals surface area contributed by atoms with E-state index in [2.05, 4.69) is 0 Å². The van der Waals surface area contributed by atoms with E-state index in [1.54, 1.807) is 0 Å². The molecule has 96 valence electrons. The lowest BCUT2D eigenvalue weighted by Crippen LogP contribution is -2.32. The molecule has 0 unspecified atom stereocenters. The van der Waals surface area contributed by atoms with Gasteiger partial charge in [-0.2, -0.15) is 0 Å². The third kappa shape index (κ3) is 19.9. The summed E-state index contributed by atoms with van der Waals surface area (Å²) in [6.45, 7) is 5.73. The maximum absolute atomic E-state index is 7.00. The van der Waals surface area contributed by atoms with Gasteiger partial charge in [0.15, 0.2) is 5.79 Å². The Hall–Kier alpha value is -0.280. The van der Waals surface area contributed by atoms with Gasteiger partial charge in [-0.1, -0.05) is 0 Å². The van der Waals surface area contributed by atoms with Crippen molar-refractivity contribution in [2.75, 3.05) is 33.4 Å². The normalized spacial score (nSPS) is 9.60. The monoisotopic (exact) mass is 229 g/mol. The molecule has 0 saturated carbocycles. The summed E-state index contributed by atoms with van der Waals surface area (Å²) in [5, 5.41) is 18.0. The topological polar surface area (TPSA) is 134 Å². The van der Waals surface area contributed by atoms with Crippen molar-refractivity contribution in [2.45, 2.75) is 19.6 Å². The van der Waals surface area contributed by atoms with E-state index in [1.807, 2.05) is 13.8 Å². The SMILES string of the molecule is CC(C)(OCCN)OCCN.CO.O[OH2+]. The Labute approximate surface area is 90.5 Å². The predicted octanol–water partition coefficient (Wildman–Crippen LogP) is -1.53. The zero-order chi connectivity index (χ0) is 12.7. The fraction of sp³-hybridized carbons (Fsp3) is 1.00. The Balaban J connectivity index is -0.000000318. The first-order valence-electron chi connectivity index (χ1n) is 4.47. The molecule has 7 heteroatoms. The largest absolute Gasteiger partial charge is 0.400 e. The summed E-state index contributed by atoms with van der Waals surface area (Å²) in [6, 6.07) is 0. The van der Waals surface area contributed by atoms with Crippen LogP contribution in [0.2, 0.25) is 0 Å². The van der Waals surface area contributed by atoms with E-state index in [0.29, 0.717) is 26.3 Å². The number of aliphatic hydroxyl groups excluding tert-OH is 1. The lowest BCUT2D eigenvalue weighted by Gasteiger charge is -2.25. The highest BCUT2D eigenvalue weighted by atomic mass is 17.0. The lowest BCUT2D eigenvalue weighted by atomic mass is 10.4. The molecule has 0 aromatic carbocycles. The van der Waals surface area contributed by atoms with Crippen molar-refractivity contribution in [3.63, 3.8) is 0 Å². The van der Waals surface area contributed by atoms with E-state index < -0.39 is 5.79 Å². The quantitative estimate of drug-likeness (QED) is 0.189. The Kier molecular flexibility index (Phi) is 21.7. The molecule has 0 fully saturated rings. The van der Waals surface area contributed by atoms with Crippen molar-refractivity contribution in [3.8, 4) is 0 Å². The fourth-order valence-corrected chi connectivity index (χ4v) is 0.651. The highest BCUT2D eigenvalue weighted by Gasteiger charge is 2.17. The summed E-state index contributed by atoms with van der Waals surface area (Å²) in [7, 11) is 1.00. The maximum atomic E-state index is 7.00. The number of hydrogen-bond acceptors (Lipinski definition) is 6. The summed E-state index contributed by atoms with van der Waals surface area (Å²) in [5.74, 6) is -0.557. The van der Waals surface area contributed by atoms with Crippen LogP contribution in [-0.2, 0) is 9.47 Å². The van der Waals surface area contributed by atoms with E-state index in [9.17, 15) is 0 Å². The van der Waals surface area contributed by atoms with Gasteiger partial charge in [0.05, 0.1) is 13.2 Å². The van der Waals surface area contributed by atoms with Crippen molar-refractivity contribution in [1.29, 1.82) is 0 Å². The minimum Gasteiger partial charge on any atom is -0.400 e. The van der Waals surface area contributed by atoms with Gasteiger partial charge in [-0.05, 0) is 13.8 Å². The molecule has 0 aliphatic carbocycles. The number of rotatable bonds is 6. The molecule has 7 nitrogen and oxygen atoms in total. The van der Waals surface area contributed by atoms with Crippen molar-refractivity contribution in [2.24, 2.45) is 11.5 Å². The Morgan fingerprint density at radius 1 is 1.00 bits per heavy atom. The van der Waals surface area contributed by atoms with Crippen molar-refractivity contribution < 1.29 is 25.1 Å². The standard InChI is InChI=1S/C7H18N2O2.CH4O.H2O2/c1-7(2,10-5-3-8)11-6-4-9;2*1-2/h3-6,8-9H2,1-2H3;2H,1H3;1-2H/p+1. The average molecular weight is 229 g/mol. The van der Waals surface area contributed by atoms with Crippen LogP contribution in [0.5, 0.6) is 0 Å². The van der Waals surface area contributed by atoms with Gasteiger partial charge in [-0.3, -0.25) is 5.26 Å². The van der Waals surface area contributed by atoms with Gasteiger partial charge in [0.2, 0.25) is 0 Å². The Morgan fingerprint density at radius 3 is 1.47 bits per heavy atom. The lowest BCUT2D eigenvalue weighted by molar-refractivity contribution is -0.209. The van der Waals surface area contributed by atoms with Crippen molar-refractivity contribution in [1.82, 2.24) is 0 Å². The van der Waals surface area contributed by atoms with Gasteiger partial charge in [-0.25, -0.2) is 0 Å². The van der Waals surface area contributed by atoms with Gasteiger partial charge < -0.3 is 26.0 Å². The molecule has 0 bridgehead atoms. The van der Waals surface area contributed by atoms with Gasteiger partial charge in [0, 0.05) is 20.2 Å². The number of aliphatic hydroxyl groups is 1. The van der Waals surface area contributed by atoms with E-state index in [4.69, 9.17) is 36.6 Å². The molecule has 0 aliphatic heterocycles. The molecule has 0 aliphatic rings. The molecule has 0 heterocycles. The molecule has 0 spiro atoms. The first kappa shape index (κ1) is 20.2. The van der Waals surface area contributed by atoms with Gasteiger partial charge in [-0.15, -0.1) is 5.26 Å². The van der Waals surface area contributed by atoms with Crippen LogP contribution in [0.25, 0.3) is 0 Å². The molecular weight excluding hydrogens is 204 g/mol. The maximum Gasteiger partial charge on any atom is 0.162 e. The number of hydrogen-bond donors (Lipinski definition) is 4. The van der Waals surface area contributed by atoms with Gasteiger partial charge in [0.1, 0.15) is 0 Å². The summed E-state index contributed by atoms with van der Waals surface area (Å²) < 4.78 is 10.6. The molecule has 0 aromatic rings. The molecule has 15 heavy (non-hydrogen) atoms. The number of nitrogens with two attached hydrogens (primary N) is 2. The van der Waals surface area contributed by atoms with Crippen LogP contribution in [0.4, 0.5) is 0 Å². The second kappa shape index (κ2) is 16.2. The first-order valence-corrected chi connectivity index (χ1v) is 4.47. The molecule has 0 aromatic heterocycles. The van der Waals surface area contributed by atoms with E-state index in [0.717, 1.165) is 7.11 Å². The first-order chi connectivity index (χ1) is 7.12. The smallest absolute Gasteiger partial charge is 0.162 e. The Morgan fingerprint density at radius 2 is 1.27 bits per heavy atom.